The van der Waals surface area contributed by atoms with Gasteiger partial charge in [0.2, 0.25) is 0 Å². The lowest BCUT2D eigenvalue weighted by molar-refractivity contribution is 0.479. The van der Waals surface area contributed by atoms with Gasteiger partial charge in [-0.1, -0.05) is 46.8 Å². The van der Waals surface area contributed by atoms with E-state index in [9.17, 15) is 0 Å². The number of fused-ring (bicyclic) bond motifs is 1. The van der Waals surface area contributed by atoms with Gasteiger partial charge in [0.1, 0.15) is 11.3 Å². The zero-order valence-electron chi connectivity index (χ0n) is 14.3. The molecule has 0 saturated heterocycles. The summed E-state index contributed by atoms with van der Waals surface area (Å²) in [6, 6.07) is 4.45. The SMILES string of the molecule is CCc1c(CNCC(C)C)oc2c(C(C)C)ccc(C)c12. The summed E-state index contributed by atoms with van der Waals surface area (Å²) >= 11 is 0. The van der Waals surface area contributed by atoms with Gasteiger partial charge < -0.3 is 9.73 Å². The van der Waals surface area contributed by atoms with Crippen molar-refractivity contribution in [1.29, 1.82) is 0 Å². The molecule has 0 aliphatic heterocycles. The van der Waals surface area contributed by atoms with Gasteiger partial charge in [-0.05, 0) is 42.9 Å². The number of rotatable bonds is 6. The van der Waals surface area contributed by atoms with Gasteiger partial charge in [0.05, 0.1) is 6.54 Å². The number of hydrogen-bond donors (Lipinski definition) is 1. The highest BCUT2D eigenvalue weighted by Crippen LogP contribution is 2.34. The normalized spacial score (nSPS) is 12.0. The van der Waals surface area contributed by atoms with Gasteiger partial charge in [-0.3, -0.25) is 0 Å². The molecule has 0 amide bonds. The van der Waals surface area contributed by atoms with E-state index >= 15 is 0 Å². The molecule has 0 aliphatic rings. The van der Waals surface area contributed by atoms with E-state index in [1.165, 1.54) is 22.1 Å². The molecule has 1 heterocycles. The first-order valence-corrected chi connectivity index (χ1v) is 8.20. The van der Waals surface area contributed by atoms with E-state index in [0.29, 0.717) is 11.8 Å². The summed E-state index contributed by atoms with van der Waals surface area (Å²) in [6.07, 6.45) is 1.02. The van der Waals surface area contributed by atoms with Crippen LogP contribution in [0.1, 0.15) is 63.0 Å². The van der Waals surface area contributed by atoms with Crippen LogP contribution in [0.3, 0.4) is 0 Å². The molecule has 2 nitrogen and oxygen atoms in total. The second-order valence-corrected chi connectivity index (χ2v) is 6.71. The number of aryl methyl sites for hydroxylation is 2. The Morgan fingerprint density at radius 3 is 2.43 bits per heavy atom. The monoisotopic (exact) mass is 287 g/mol. The lowest BCUT2D eigenvalue weighted by Gasteiger charge is -2.07. The van der Waals surface area contributed by atoms with Crippen molar-refractivity contribution in [3.05, 3.63) is 34.6 Å². The Hall–Kier alpha value is -1.28. The van der Waals surface area contributed by atoms with Gasteiger partial charge in [0.25, 0.3) is 0 Å². The maximum atomic E-state index is 6.28. The Bertz CT molecular complexity index is 608. The minimum Gasteiger partial charge on any atom is -0.459 e. The maximum Gasteiger partial charge on any atom is 0.138 e. The van der Waals surface area contributed by atoms with E-state index in [0.717, 1.165) is 30.9 Å². The molecule has 0 fully saturated rings. The maximum absolute atomic E-state index is 6.28. The molecule has 0 bridgehead atoms. The molecule has 0 unspecified atom stereocenters. The lowest BCUT2D eigenvalue weighted by Crippen LogP contribution is -2.19. The van der Waals surface area contributed by atoms with Crippen LogP contribution < -0.4 is 5.32 Å². The first-order chi connectivity index (χ1) is 9.95. The Kier molecular flexibility index (Phi) is 5.10. The third kappa shape index (κ3) is 3.32. The van der Waals surface area contributed by atoms with Gasteiger partial charge >= 0.3 is 0 Å². The minimum atomic E-state index is 0.487. The average Bonchev–Trinajstić information content (AvgIpc) is 2.77. The quantitative estimate of drug-likeness (QED) is 0.792. The van der Waals surface area contributed by atoms with Crippen LogP contribution in [0.4, 0.5) is 0 Å². The second kappa shape index (κ2) is 6.65. The molecule has 0 radical (unpaired) electrons. The van der Waals surface area contributed by atoms with Crippen LogP contribution in [0, 0.1) is 12.8 Å². The van der Waals surface area contributed by atoms with Crippen molar-refractivity contribution in [1.82, 2.24) is 5.32 Å². The lowest BCUT2D eigenvalue weighted by atomic mass is 9.96. The topological polar surface area (TPSA) is 25.2 Å². The molecule has 1 aromatic carbocycles. The van der Waals surface area contributed by atoms with Crippen LogP contribution >= 0.6 is 0 Å². The summed E-state index contributed by atoms with van der Waals surface area (Å²) in [5, 5.41) is 4.85. The summed E-state index contributed by atoms with van der Waals surface area (Å²) in [6.45, 7) is 15.2. The number of furan rings is 1. The fourth-order valence-corrected chi connectivity index (χ4v) is 2.95. The molecular formula is C19H29NO. The zero-order valence-corrected chi connectivity index (χ0v) is 14.3. The number of nitrogens with one attached hydrogen (secondary N) is 1. The Morgan fingerprint density at radius 2 is 1.86 bits per heavy atom. The van der Waals surface area contributed by atoms with E-state index in [1.807, 2.05) is 0 Å². The molecule has 2 aromatic rings. The van der Waals surface area contributed by atoms with E-state index in [-0.39, 0.29) is 0 Å². The van der Waals surface area contributed by atoms with Gasteiger partial charge in [-0.15, -0.1) is 0 Å². The van der Waals surface area contributed by atoms with Gasteiger partial charge in [0, 0.05) is 10.9 Å². The molecule has 0 atom stereocenters. The molecule has 116 valence electrons. The fraction of sp³-hybridized carbons (Fsp3) is 0.579. The fourth-order valence-electron chi connectivity index (χ4n) is 2.95. The third-order valence-electron chi connectivity index (χ3n) is 4.07. The second-order valence-electron chi connectivity index (χ2n) is 6.71. The predicted molar refractivity (Wildman–Crippen MR) is 91.0 cm³/mol. The Labute approximate surface area is 128 Å². The van der Waals surface area contributed by atoms with E-state index in [2.05, 4.69) is 59.0 Å². The number of hydrogen-bond acceptors (Lipinski definition) is 2. The van der Waals surface area contributed by atoms with Crippen molar-refractivity contribution in [3.8, 4) is 0 Å². The standard InChI is InChI=1S/C19H29NO/c1-7-15-17(11-20-10-12(2)3)21-19-16(13(4)5)9-8-14(6)18(15)19/h8-9,12-13,20H,7,10-11H2,1-6H3. The third-order valence-corrected chi connectivity index (χ3v) is 4.07. The van der Waals surface area contributed by atoms with Crippen molar-refractivity contribution >= 4 is 11.0 Å². The van der Waals surface area contributed by atoms with Crippen molar-refractivity contribution in [2.24, 2.45) is 5.92 Å². The van der Waals surface area contributed by atoms with Crippen LogP contribution in [0.15, 0.2) is 16.5 Å². The summed E-state index contributed by atoms with van der Waals surface area (Å²) in [4.78, 5) is 0. The molecule has 2 rings (SSSR count). The molecule has 21 heavy (non-hydrogen) atoms. The summed E-state index contributed by atoms with van der Waals surface area (Å²) < 4.78 is 6.28. The van der Waals surface area contributed by atoms with Crippen LogP contribution in [0.5, 0.6) is 0 Å². The summed E-state index contributed by atoms with van der Waals surface area (Å²) in [7, 11) is 0. The van der Waals surface area contributed by atoms with Crippen molar-refractivity contribution in [2.75, 3.05) is 6.54 Å². The molecule has 0 spiro atoms. The van der Waals surface area contributed by atoms with E-state index in [1.54, 1.807) is 0 Å². The molecule has 1 N–H and O–H groups in total. The number of benzene rings is 1. The van der Waals surface area contributed by atoms with E-state index < -0.39 is 0 Å². The summed E-state index contributed by atoms with van der Waals surface area (Å²) in [5.41, 5.74) is 5.12. The molecular weight excluding hydrogens is 258 g/mol. The Morgan fingerprint density at radius 1 is 1.14 bits per heavy atom. The first kappa shape index (κ1) is 16.1. The van der Waals surface area contributed by atoms with Crippen LogP contribution in [-0.4, -0.2) is 6.54 Å². The highest BCUT2D eigenvalue weighted by molar-refractivity contribution is 5.88. The molecule has 2 heteroatoms. The highest BCUT2D eigenvalue weighted by Gasteiger charge is 2.18. The zero-order chi connectivity index (χ0) is 15.6. The smallest absolute Gasteiger partial charge is 0.138 e. The van der Waals surface area contributed by atoms with Crippen molar-refractivity contribution in [2.45, 2.75) is 60.4 Å². The highest BCUT2D eigenvalue weighted by atomic mass is 16.3. The molecule has 0 saturated carbocycles. The van der Waals surface area contributed by atoms with Crippen LogP contribution in [-0.2, 0) is 13.0 Å². The first-order valence-electron chi connectivity index (χ1n) is 8.20. The van der Waals surface area contributed by atoms with E-state index in [4.69, 9.17) is 4.42 Å². The van der Waals surface area contributed by atoms with Gasteiger partial charge in [-0.25, -0.2) is 0 Å². The largest absolute Gasteiger partial charge is 0.459 e. The minimum absolute atomic E-state index is 0.487. The van der Waals surface area contributed by atoms with Gasteiger partial charge in [-0.2, -0.15) is 0 Å². The van der Waals surface area contributed by atoms with Crippen molar-refractivity contribution < 1.29 is 4.42 Å². The average molecular weight is 287 g/mol. The van der Waals surface area contributed by atoms with Crippen LogP contribution in [0.25, 0.3) is 11.0 Å². The predicted octanol–water partition coefficient (Wildman–Crippen LogP) is 5.17. The molecule has 1 aromatic heterocycles. The van der Waals surface area contributed by atoms with Crippen LogP contribution in [0.2, 0.25) is 0 Å². The molecule has 0 aliphatic carbocycles. The summed E-state index contributed by atoms with van der Waals surface area (Å²) in [5.74, 6) is 2.26. The van der Waals surface area contributed by atoms with Gasteiger partial charge in [0.15, 0.2) is 0 Å². The Balaban J connectivity index is 2.46. The van der Waals surface area contributed by atoms with Crippen molar-refractivity contribution in [3.63, 3.8) is 0 Å².